The molecule has 0 saturated carbocycles. The lowest BCUT2D eigenvalue weighted by molar-refractivity contribution is -0.132. The van der Waals surface area contributed by atoms with Crippen LogP contribution in [-0.4, -0.2) is 50.2 Å². The van der Waals surface area contributed by atoms with Crippen molar-refractivity contribution >= 4 is 18.3 Å². The molecule has 0 spiro atoms. The summed E-state index contributed by atoms with van der Waals surface area (Å²) in [7, 11) is 0. The summed E-state index contributed by atoms with van der Waals surface area (Å²) < 4.78 is 11.0. The number of ether oxygens (including phenoxy) is 2. The third-order valence-electron chi connectivity index (χ3n) is 3.41. The SMILES string of the molecule is CCOc1ccc(OCCCC(=O)N2CCNCC2)cc1.Cl. The molecule has 1 aliphatic rings. The highest BCUT2D eigenvalue weighted by atomic mass is 35.5. The summed E-state index contributed by atoms with van der Waals surface area (Å²) in [6.45, 7) is 6.61. The van der Waals surface area contributed by atoms with Gasteiger partial charge in [0.25, 0.3) is 0 Å². The Balaban J connectivity index is 0.00000242. The van der Waals surface area contributed by atoms with Gasteiger partial charge in [-0.05, 0) is 37.6 Å². The normalized spacial score (nSPS) is 14.1. The first-order valence-electron chi connectivity index (χ1n) is 7.63. The molecule has 1 saturated heterocycles. The molecule has 2 rings (SSSR count). The molecule has 124 valence electrons. The Morgan fingerprint density at radius 2 is 1.73 bits per heavy atom. The minimum absolute atomic E-state index is 0. The Labute approximate surface area is 138 Å². The van der Waals surface area contributed by atoms with Gasteiger partial charge < -0.3 is 19.7 Å². The Morgan fingerprint density at radius 3 is 2.32 bits per heavy atom. The number of nitrogens with zero attached hydrogens (tertiary/aromatic N) is 1. The molecule has 0 radical (unpaired) electrons. The molecule has 0 aliphatic carbocycles. The molecule has 5 nitrogen and oxygen atoms in total. The van der Waals surface area contributed by atoms with Gasteiger partial charge in [0.2, 0.25) is 5.91 Å². The lowest BCUT2D eigenvalue weighted by Gasteiger charge is -2.27. The van der Waals surface area contributed by atoms with Crippen molar-refractivity contribution in [3.8, 4) is 11.5 Å². The third kappa shape index (κ3) is 6.12. The van der Waals surface area contributed by atoms with Crippen LogP contribution in [0.15, 0.2) is 24.3 Å². The summed E-state index contributed by atoms with van der Waals surface area (Å²) in [5.74, 6) is 1.89. The van der Waals surface area contributed by atoms with Crippen molar-refractivity contribution in [3.05, 3.63) is 24.3 Å². The number of halogens is 1. The summed E-state index contributed by atoms with van der Waals surface area (Å²) >= 11 is 0. The second-order valence-electron chi connectivity index (χ2n) is 4.99. The number of hydrogen-bond donors (Lipinski definition) is 1. The van der Waals surface area contributed by atoms with Crippen LogP contribution in [0.2, 0.25) is 0 Å². The number of carbonyl (C=O) groups is 1. The Morgan fingerprint density at radius 1 is 1.14 bits per heavy atom. The van der Waals surface area contributed by atoms with Crippen molar-refractivity contribution in [3.63, 3.8) is 0 Å². The van der Waals surface area contributed by atoms with E-state index in [0.29, 0.717) is 19.6 Å². The van der Waals surface area contributed by atoms with Gasteiger partial charge in [0, 0.05) is 32.6 Å². The summed E-state index contributed by atoms with van der Waals surface area (Å²) in [6.07, 6.45) is 1.30. The van der Waals surface area contributed by atoms with Crippen molar-refractivity contribution in [2.75, 3.05) is 39.4 Å². The van der Waals surface area contributed by atoms with Gasteiger partial charge >= 0.3 is 0 Å². The minimum Gasteiger partial charge on any atom is -0.494 e. The molecule has 1 N–H and O–H groups in total. The molecule has 0 unspecified atom stereocenters. The van der Waals surface area contributed by atoms with Crippen LogP contribution in [-0.2, 0) is 4.79 Å². The van der Waals surface area contributed by atoms with Gasteiger partial charge in [-0.25, -0.2) is 0 Å². The van der Waals surface area contributed by atoms with Crippen LogP contribution in [0.4, 0.5) is 0 Å². The fourth-order valence-electron chi connectivity index (χ4n) is 2.28. The molecule has 0 aromatic heterocycles. The van der Waals surface area contributed by atoms with E-state index < -0.39 is 0 Å². The third-order valence-corrected chi connectivity index (χ3v) is 3.41. The summed E-state index contributed by atoms with van der Waals surface area (Å²) in [6, 6.07) is 7.57. The van der Waals surface area contributed by atoms with E-state index in [-0.39, 0.29) is 18.3 Å². The largest absolute Gasteiger partial charge is 0.494 e. The number of amides is 1. The summed E-state index contributed by atoms with van der Waals surface area (Å²) in [5, 5.41) is 3.24. The van der Waals surface area contributed by atoms with Crippen LogP contribution in [0.5, 0.6) is 11.5 Å². The van der Waals surface area contributed by atoms with Crippen molar-refractivity contribution in [1.29, 1.82) is 0 Å². The molecule has 22 heavy (non-hydrogen) atoms. The Bertz CT molecular complexity index is 434. The van der Waals surface area contributed by atoms with Gasteiger partial charge in [0.15, 0.2) is 0 Å². The highest BCUT2D eigenvalue weighted by Gasteiger charge is 2.15. The predicted octanol–water partition coefficient (Wildman–Crippen LogP) is 2.10. The minimum atomic E-state index is 0. The summed E-state index contributed by atoms with van der Waals surface area (Å²) in [4.78, 5) is 13.9. The van der Waals surface area contributed by atoms with Gasteiger partial charge in [-0.15, -0.1) is 12.4 Å². The molecule has 0 atom stereocenters. The van der Waals surface area contributed by atoms with Crippen molar-refractivity contribution in [2.24, 2.45) is 0 Å². The van der Waals surface area contributed by atoms with E-state index in [2.05, 4.69) is 5.32 Å². The monoisotopic (exact) mass is 328 g/mol. The van der Waals surface area contributed by atoms with E-state index >= 15 is 0 Å². The molecule has 0 bridgehead atoms. The fourth-order valence-corrected chi connectivity index (χ4v) is 2.28. The fraction of sp³-hybridized carbons (Fsp3) is 0.562. The number of benzene rings is 1. The lowest BCUT2D eigenvalue weighted by atomic mass is 10.2. The standard InChI is InChI=1S/C16H24N2O3.ClH/c1-2-20-14-5-7-15(8-6-14)21-13-3-4-16(19)18-11-9-17-10-12-18;/h5-8,17H,2-4,9-13H2,1H3;1H. The van der Waals surface area contributed by atoms with Crippen molar-refractivity contribution in [2.45, 2.75) is 19.8 Å². The maximum absolute atomic E-state index is 12.0. The maximum Gasteiger partial charge on any atom is 0.222 e. The van der Waals surface area contributed by atoms with Crippen LogP contribution >= 0.6 is 12.4 Å². The zero-order valence-corrected chi connectivity index (χ0v) is 13.9. The molecule has 1 amide bonds. The zero-order valence-electron chi connectivity index (χ0n) is 13.0. The van der Waals surface area contributed by atoms with E-state index in [9.17, 15) is 4.79 Å². The van der Waals surface area contributed by atoms with Crippen LogP contribution in [0.3, 0.4) is 0 Å². The van der Waals surface area contributed by atoms with E-state index in [4.69, 9.17) is 9.47 Å². The van der Waals surface area contributed by atoms with Crippen LogP contribution in [0.1, 0.15) is 19.8 Å². The first kappa shape index (κ1) is 18.6. The quantitative estimate of drug-likeness (QED) is 0.779. The number of carbonyl (C=O) groups excluding carboxylic acids is 1. The second kappa shape index (κ2) is 10.3. The molecule has 1 aromatic carbocycles. The number of piperazine rings is 1. The van der Waals surface area contributed by atoms with E-state index in [1.54, 1.807) is 0 Å². The number of nitrogens with one attached hydrogen (secondary N) is 1. The summed E-state index contributed by atoms with van der Waals surface area (Å²) in [5.41, 5.74) is 0. The van der Waals surface area contributed by atoms with Gasteiger partial charge in [-0.3, -0.25) is 4.79 Å². The number of rotatable bonds is 7. The van der Waals surface area contributed by atoms with Gasteiger partial charge in [0.05, 0.1) is 13.2 Å². The average molecular weight is 329 g/mol. The first-order valence-corrected chi connectivity index (χ1v) is 7.63. The molecule has 6 heteroatoms. The van der Waals surface area contributed by atoms with Crippen molar-refractivity contribution < 1.29 is 14.3 Å². The van der Waals surface area contributed by atoms with Gasteiger partial charge in [0.1, 0.15) is 11.5 Å². The second-order valence-corrected chi connectivity index (χ2v) is 4.99. The first-order chi connectivity index (χ1) is 10.3. The zero-order chi connectivity index (χ0) is 14.9. The smallest absolute Gasteiger partial charge is 0.222 e. The Hall–Kier alpha value is -1.46. The lowest BCUT2D eigenvalue weighted by Crippen LogP contribution is -2.46. The van der Waals surface area contributed by atoms with E-state index in [1.807, 2.05) is 36.1 Å². The number of hydrogen-bond acceptors (Lipinski definition) is 4. The molecular formula is C16H25ClN2O3. The van der Waals surface area contributed by atoms with Crippen LogP contribution < -0.4 is 14.8 Å². The highest BCUT2D eigenvalue weighted by molar-refractivity contribution is 5.85. The molecule has 1 fully saturated rings. The van der Waals surface area contributed by atoms with Crippen molar-refractivity contribution in [1.82, 2.24) is 10.2 Å². The van der Waals surface area contributed by atoms with Crippen LogP contribution in [0, 0.1) is 0 Å². The van der Waals surface area contributed by atoms with Gasteiger partial charge in [-0.1, -0.05) is 0 Å². The molecular weight excluding hydrogens is 304 g/mol. The van der Waals surface area contributed by atoms with Gasteiger partial charge in [-0.2, -0.15) is 0 Å². The predicted molar refractivity (Wildman–Crippen MR) is 89.0 cm³/mol. The average Bonchev–Trinajstić information content (AvgIpc) is 2.54. The topological polar surface area (TPSA) is 50.8 Å². The maximum atomic E-state index is 12.0. The van der Waals surface area contributed by atoms with E-state index in [1.165, 1.54) is 0 Å². The highest BCUT2D eigenvalue weighted by Crippen LogP contribution is 2.17. The molecule has 1 aliphatic heterocycles. The molecule has 1 aromatic rings. The van der Waals surface area contributed by atoms with Crippen LogP contribution in [0.25, 0.3) is 0 Å². The molecule has 1 heterocycles. The Kier molecular flexibility index (Phi) is 8.70. The van der Waals surface area contributed by atoms with E-state index in [0.717, 1.165) is 44.1 Å².